The molecule has 142 valence electrons. The van der Waals surface area contributed by atoms with Crippen LogP contribution in [0.25, 0.3) is 10.8 Å². The average Bonchev–Trinajstić information content (AvgIpc) is 3.13. The Morgan fingerprint density at radius 2 is 1.82 bits per heavy atom. The molecule has 1 N–H and O–H groups in total. The van der Waals surface area contributed by atoms with Crippen molar-refractivity contribution in [2.45, 2.75) is 13.0 Å². The smallest absolute Gasteiger partial charge is 0.227 e. The maximum absolute atomic E-state index is 12.6. The normalized spacial score (nSPS) is 16.4. The fraction of sp³-hybridized carbons (Fsp3) is 0.217. The van der Waals surface area contributed by atoms with Crippen LogP contribution in [0.15, 0.2) is 66.7 Å². The first-order valence-corrected chi connectivity index (χ1v) is 9.34. The summed E-state index contributed by atoms with van der Waals surface area (Å²) in [6.45, 7) is 0.836. The lowest BCUT2D eigenvalue weighted by Gasteiger charge is -2.19. The minimum atomic E-state index is -0.343. The van der Waals surface area contributed by atoms with Gasteiger partial charge in [-0.15, -0.1) is 0 Å². The number of nitrogens with zero attached hydrogens (tertiary/aromatic N) is 1. The van der Waals surface area contributed by atoms with Gasteiger partial charge in [-0.05, 0) is 29.1 Å². The molecule has 0 radical (unpaired) electrons. The Balaban J connectivity index is 1.44. The summed E-state index contributed by atoms with van der Waals surface area (Å²) in [7, 11) is 1.62. The number of hydrogen-bond donors (Lipinski definition) is 1. The fourth-order valence-corrected chi connectivity index (χ4v) is 3.64. The fourth-order valence-electron chi connectivity index (χ4n) is 3.64. The highest BCUT2D eigenvalue weighted by atomic mass is 16.5. The molecule has 0 aliphatic carbocycles. The zero-order chi connectivity index (χ0) is 19.5. The summed E-state index contributed by atoms with van der Waals surface area (Å²) >= 11 is 0. The van der Waals surface area contributed by atoms with Crippen molar-refractivity contribution >= 4 is 28.3 Å². The number of anilines is 1. The van der Waals surface area contributed by atoms with Crippen LogP contribution in [0.4, 0.5) is 5.69 Å². The van der Waals surface area contributed by atoms with Crippen molar-refractivity contribution in [3.8, 4) is 5.75 Å². The molecule has 4 rings (SSSR count). The Bertz CT molecular complexity index is 1010. The highest BCUT2D eigenvalue weighted by molar-refractivity contribution is 6.06. The van der Waals surface area contributed by atoms with Crippen LogP contribution in [0, 0.1) is 5.92 Å². The maximum atomic E-state index is 12.6. The van der Waals surface area contributed by atoms with Crippen molar-refractivity contribution < 1.29 is 14.3 Å². The van der Waals surface area contributed by atoms with E-state index in [1.807, 2.05) is 66.7 Å². The standard InChI is InChI=1S/C23H22N2O3/c1-28-19-11-9-16(10-12-19)14-24-23(27)18-13-22(26)25(15-18)21-8-4-6-17-5-2-3-7-20(17)21/h2-12,18H,13-15H2,1H3,(H,24,27)/t18-/m1/s1. The minimum absolute atomic E-state index is 0.0130. The van der Waals surface area contributed by atoms with E-state index in [4.69, 9.17) is 4.74 Å². The predicted octanol–water partition coefficient (Wildman–Crippen LogP) is 3.52. The Kier molecular flexibility index (Phi) is 4.98. The van der Waals surface area contributed by atoms with Gasteiger partial charge in [-0.3, -0.25) is 9.59 Å². The first-order valence-electron chi connectivity index (χ1n) is 9.34. The SMILES string of the molecule is COc1ccc(CNC(=O)[C@@H]2CC(=O)N(c3cccc4ccccc34)C2)cc1. The highest BCUT2D eigenvalue weighted by Gasteiger charge is 2.35. The number of nitrogens with one attached hydrogen (secondary N) is 1. The van der Waals surface area contributed by atoms with Gasteiger partial charge in [0.2, 0.25) is 11.8 Å². The second-order valence-corrected chi connectivity index (χ2v) is 6.97. The van der Waals surface area contributed by atoms with Crippen molar-refractivity contribution in [2.24, 2.45) is 5.92 Å². The molecule has 28 heavy (non-hydrogen) atoms. The topological polar surface area (TPSA) is 58.6 Å². The molecule has 3 aromatic rings. The molecular weight excluding hydrogens is 352 g/mol. The largest absolute Gasteiger partial charge is 0.497 e. The third kappa shape index (κ3) is 3.56. The van der Waals surface area contributed by atoms with Crippen LogP contribution in [-0.4, -0.2) is 25.5 Å². The van der Waals surface area contributed by atoms with Gasteiger partial charge in [0, 0.05) is 24.9 Å². The van der Waals surface area contributed by atoms with Crippen molar-refractivity contribution in [1.82, 2.24) is 5.32 Å². The van der Waals surface area contributed by atoms with Crippen molar-refractivity contribution in [2.75, 3.05) is 18.6 Å². The first-order chi connectivity index (χ1) is 13.7. The summed E-state index contributed by atoms with van der Waals surface area (Å²) in [6.07, 6.45) is 0.234. The lowest BCUT2D eigenvalue weighted by molar-refractivity contribution is -0.126. The second-order valence-electron chi connectivity index (χ2n) is 6.97. The number of carbonyl (C=O) groups excluding carboxylic acids is 2. The van der Waals surface area contributed by atoms with Gasteiger partial charge in [-0.1, -0.05) is 48.5 Å². The van der Waals surface area contributed by atoms with Crippen LogP contribution in [0.5, 0.6) is 5.75 Å². The Morgan fingerprint density at radius 1 is 1.07 bits per heavy atom. The van der Waals surface area contributed by atoms with Gasteiger partial charge >= 0.3 is 0 Å². The molecule has 0 bridgehead atoms. The molecule has 1 atom stereocenters. The van der Waals surface area contributed by atoms with Gasteiger partial charge in [-0.25, -0.2) is 0 Å². The maximum Gasteiger partial charge on any atom is 0.227 e. The summed E-state index contributed by atoms with van der Waals surface area (Å²) in [5.41, 5.74) is 1.86. The van der Waals surface area contributed by atoms with Crippen LogP contribution < -0.4 is 15.0 Å². The third-order valence-corrected chi connectivity index (χ3v) is 5.18. The van der Waals surface area contributed by atoms with Gasteiger partial charge in [0.25, 0.3) is 0 Å². The molecule has 3 aromatic carbocycles. The summed E-state index contributed by atoms with van der Waals surface area (Å²) < 4.78 is 5.14. The number of fused-ring (bicyclic) bond motifs is 1. The molecule has 0 unspecified atom stereocenters. The summed E-state index contributed by atoms with van der Waals surface area (Å²) in [5.74, 6) is 0.333. The quantitative estimate of drug-likeness (QED) is 0.743. The Hall–Kier alpha value is -3.34. The van der Waals surface area contributed by atoms with Gasteiger partial charge in [0.15, 0.2) is 0 Å². The zero-order valence-electron chi connectivity index (χ0n) is 15.7. The predicted molar refractivity (Wildman–Crippen MR) is 109 cm³/mol. The molecule has 5 nitrogen and oxygen atoms in total. The summed E-state index contributed by atoms with van der Waals surface area (Å²) in [6, 6.07) is 21.5. The van der Waals surface area contributed by atoms with Gasteiger partial charge in [0.05, 0.1) is 18.7 Å². The van der Waals surface area contributed by atoms with Crippen molar-refractivity contribution in [3.63, 3.8) is 0 Å². The van der Waals surface area contributed by atoms with E-state index < -0.39 is 0 Å². The molecular formula is C23H22N2O3. The van der Waals surface area contributed by atoms with E-state index in [0.29, 0.717) is 13.1 Å². The Morgan fingerprint density at radius 3 is 2.61 bits per heavy atom. The van der Waals surface area contributed by atoms with Crippen molar-refractivity contribution in [3.05, 3.63) is 72.3 Å². The molecule has 0 saturated carbocycles. The van der Waals surface area contributed by atoms with E-state index in [-0.39, 0.29) is 24.2 Å². The lowest BCUT2D eigenvalue weighted by Crippen LogP contribution is -2.32. The number of hydrogen-bond acceptors (Lipinski definition) is 3. The number of amides is 2. The van der Waals surface area contributed by atoms with Crippen LogP contribution in [0.3, 0.4) is 0 Å². The van der Waals surface area contributed by atoms with E-state index in [1.165, 1.54) is 0 Å². The van der Waals surface area contributed by atoms with Crippen LogP contribution in [0.2, 0.25) is 0 Å². The second kappa shape index (κ2) is 7.72. The molecule has 1 aliphatic rings. The summed E-state index contributed by atoms with van der Waals surface area (Å²) in [5, 5.41) is 5.06. The molecule has 1 aliphatic heterocycles. The molecule has 2 amide bonds. The summed E-state index contributed by atoms with van der Waals surface area (Å²) in [4.78, 5) is 27.0. The minimum Gasteiger partial charge on any atom is -0.497 e. The molecule has 0 aromatic heterocycles. The van der Waals surface area contributed by atoms with Crippen molar-refractivity contribution in [1.29, 1.82) is 0 Å². The molecule has 1 fully saturated rings. The Labute approximate surface area is 163 Å². The number of benzene rings is 3. The number of rotatable bonds is 5. The molecule has 5 heteroatoms. The van der Waals surface area contributed by atoms with Crippen LogP contribution >= 0.6 is 0 Å². The van der Waals surface area contributed by atoms with E-state index >= 15 is 0 Å². The van der Waals surface area contributed by atoms with E-state index in [1.54, 1.807) is 12.0 Å². The molecule has 1 saturated heterocycles. The average molecular weight is 374 g/mol. The van der Waals surface area contributed by atoms with E-state index in [2.05, 4.69) is 5.32 Å². The zero-order valence-corrected chi connectivity index (χ0v) is 15.7. The van der Waals surface area contributed by atoms with Gasteiger partial charge < -0.3 is 15.0 Å². The number of methoxy groups -OCH3 is 1. The first kappa shape index (κ1) is 18.0. The highest BCUT2D eigenvalue weighted by Crippen LogP contribution is 2.31. The van der Waals surface area contributed by atoms with Crippen LogP contribution in [-0.2, 0) is 16.1 Å². The number of carbonyl (C=O) groups is 2. The van der Waals surface area contributed by atoms with Gasteiger partial charge in [-0.2, -0.15) is 0 Å². The van der Waals surface area contributed by atoms with E-state index in [9.17, 15) is 9.59 Å². The molecule has 0 spiro atoms. The van der Waals surface area contributed by atoms with Crippen LogP contribution in [0.1, 0.15) is 12.0 Å². The third-order valence-electron chi connectivity index (χ3n) is 5.18. The lowest BCUT2D eigenvalue weighted by atomic mass is 10.1. The monoisotopic (exact) mass is 374 g/mol. The van der Waals surface area contributed by atoms with Gasteiger partial charge in [0.1, 0.15) is 5.75 Å². The molecule has 1 heterocycles. The number of ether oxygens (including phenoxy) is 1. The van der Waals surface area contributed by atoms with E-state index in [0.717, 1.165) is 27.8 Å².